The number of thioether (sulfide) groups is 1. The van der Waals surface area contributed by atoms with Crippen LogP contribution in [-0.4, -0.2) is 62.1 Å². The number of methoxy groups -OCH3 is 1. The fourth-order valence-electron chi connectivity index (χ4n) is 3.62. The summed E-state index contributed by atoms with van der Waals surface area (Å²) in [6.07, 6.45) is 0.650. The molecule has 198 valence electrons. The van der Waals surface area contributed by atoms with E-state index in [4.69, 9.17) is 36.0 Å². The van der Waals surface area contributed by atoms with Gasteiger partial charge in [-0.05, 0) is 26.7 Å². The zero-order chi connectivity index (χ0) is 26.5. The standard InChI is InChI=1S/C21H28N3O9PS2/c1-11-17(30-3)6-16(25)14-9-36-10-15(20-22-12(2)24-33-20)23-18(35)5-4-13(8-32-34(27,28)29)7-31-21(26)19(11)14/h6,13,15,25H,4-5,7-10H2,1-3H3,(H,23,35)(H2,27,28,29)/t13-,15+/m1/s1. The molecule has 0 aliphatic carbocycles. The number of nitrogens with zero attached hydrogens (tertiary/aromatic N) is 2. The van der Waals surface area contributed by atoms with E-state index < -0.39 is 25.8 Å². The highest BCUT2D eigenvalue weighted by atomic mass is 32.2. The molecule has 0 bridgehead atoms. The molecule has 3 rings (SSSR count). The first kappa shape index (κ1) is 28.4. The third kappa shape index (κ3) is 7.64. The number of benzene rings is 1. The van der Waals surface area contributed by atoms with E-state index >= 15 is 0 Å². The third-order valence-electron chi connectivity index (χ3n) is 5.46. The summed E-state index contributed by atoms with van der Waals surface area (Å²) in [6.45, 7) is 2.85. The van der Waals surface area contributed by atoms with Crippen LogP contribution in [0, 0.1) is 19.8 Å². The summed E-state index contributed by atoms with van der Waals surface area (Å²) < 4.78 is 32.1. The van der Waals surface area contributed by atoms with E-state index in [1.807, 2.05) is 0 Å². The molecular weight excluding hydrogens is 533 g/mol. The van der Waals surface area contributed by atoms with Crippen molar-refractivity contribution < 1.29 is 42.8 Å². The van der Waals surface area contributed by atoms with Crippen molar-refractivity contribution in [3.8, 4) is 11.5 Å². The molecule has 0 unspecified atom stereocenters. The van der Waals surface area contributed by atoms with Crippen LogP contribution in [0.2, 0.25) is 0 Å². The van der Waals surface area contributed by atoms with Crippen molar-refractivity contribution in [2.45, 2.75) is 38.5 Å². The third-order valence-corrected chi connectivity index (χ3v) is 7.33. The summed E-state index contributed by atoms with van der Waals surface area (Å²) in [5.74, 6) is 0.415. The number of carbonyl (C=O) groups is 1. The number of phenolic OH excluding ortho intramolecular Hbond substituents is 1. The minimum Gasteiger partial charge on any atom is -0.507 e. The van der Waals surface area contributed by atoms with Gasteiger partial charge in [-0.25, -0.2) is 9.36 Å². The number of ether oxygens (including phenoxy) is 2. The fourth-order valence-corrected chi connectivity index (χ4v) is 5.37. The number of phosphoric ester groups is 1. The number of nitrogens with one attached hydrogen (secondary N) is 1. The van der Waals surface area contributed by atoms with Gasteiger partial charge in [-0.2, -0.15) is 16.7 Å². The lowest BCUT2D eigenvalue weighted by atomic mass is 10.0. The summed E-state index contributed by atoms with van der Waals surface area (Å²) in [4.78, 5) is 36.2. The molecule has 2 aromatic rings. The number of hydrogen-bond donors (Lipinski definition) is 4. The molecule has 12 nitrogen and oxygen atoms in total. The highest BCUT2D eigenvalue weighted by Gasteiger charge is 2.27. The predicted molar refractivity (Wildman–Crippen MR) is 134 cm³/mol. The molecule has 0 radical (unpaired) electrons. The number of aromatic hydroxyl groups is 1. The summed E-state index contributed by atoms with van der Waals surface area (Å²) in [7, 11) is -3.30. The first-order valence-electron chi connectivity index (χ1n) is 10.9. The number of cyclic esters (lactones) is 1. The Morgan fingerprint density at radius 1 is 1.36 bits per heavy atom. The molecule has 0 spiro atoms. The molecule has 1 aromatic carbocycles. The van der Waals surface area contributed by atoms with E-state index in [9.17, 15) is 14.5 Å². The van der Waals surface area contributed by atoms with Gasteiger partial charge < -0.3 is 34.2 Å². The molecule has 4 N–H and O–H groups in total. The summed E-state index contributed by atoms with van der Waals surface area (Å²) in [5, 5.41) is 17.7. The number of hydrogen-bond acceptors (Lipinski definition) is 11. The molecule has 0 amide bonds. The molecule has 2 heterocycles. The number of carbonyl (C=O) groups excluding carboxylic acids is 1. The molecule has 1 aromatic heterocycles. The number of rotatable bonds is 5. The second kappa shape index (κ2) is 12.3. The Balaban J connectivity index is 1.95. The van der Waals surface area contributed by atoms with Crippen molar-refractivity contribution in [2.24, 2.45) is 5.92 Å². The number of aryl methyl sites for hydroxylation is 1. The second-order valence-corrected chi connectivity index (χ2v) is 10.9. The van der Waals surface area contributed by atoms with Crippen LogP contribution in [0.5, 0.6) is 11.5 Å². The van der Waals surface area contributed by atoms with Gasteiger partial charge in [0.1, 0.15) is 17.5 Å². The van der Waals surface area contributed by atoms with Gasteiger partial charge in [0.05, 0.1) is 30.9 Å². The molecular formula is C21H28N3O9PS2. The van der Waals surface area contributed by atoms with E-state index in [0.717, 1.165) is 0 Å². The van der Waals surface area contributed by atoms with Crippen molar-refractivity contribution in [2.75, 3.05) is 26.1 Å². The van der Waals surface area contributed by atoms with Crippen LogP contribution in [0.1, 0.15) is 52.1 Å². The van der Waals surface area contributed by atoms with Crippen LogP contribution in [0.4, 0.5) is 0 Å². The van der Waals surface area contributed by atoms with E-state index in [1.54, 1.807) is 13.8 Å². The van der Waals surface area contributed by atoms with Crippen molar-refractivity contribution >= 4 is 42.8 Å². The van der Waals surface area contributed by atoms with Crippen LogP contribution < -0.4 is 10.1 Å². The van der Waals surface area contributed by atoms with Gasteiger partial charge in [0, 0.05) is 34.6 Å². The monoisotopic (exact) mass is 561 g/mol. The second-order valence-electron chi connectivity index (χ2n) is 8.18. The predicted octanol–water partition coefficient (Wildman–Crippen LogP) is 2.97. The number of fused-ring (bicyclic) bond motifs is 1. The SMILES string of the molecule is COc1cc(O)c2c(c1C)C(=O)OC[C@H](COP(=O)(O)O)CCC(=S)N[C@H](c1nc(C)no1)CSC2. The molecule has 15 heteroatoms. The smallest absolute Gasteiger partial charge is 0.469 e. The first-order valence-corrected chi connectivity index (χ1v) is 14.0. The van der Waals surface area contributed by atoms with Gasteiger partial charge in [0.2, 0.25) is 5.89 Å². The lowest BCUT2D eigenvalue weighted by Crippen LogP contribution is -2.30. The zero-order valence-electron chi connectivity index (χ0n) is 19.9. The van der Waals surface area contributed by atoms with Crippen molar-refractivity contribution in [3.05, 3.63) is 34.5 Å². The van der Waals surface area contributed by atoms with E-state index in [0.29, 0.717) is 52.2 Å². The lowest BCUT2D eigenvalue weighted by Gasteiger charge is -2.22. The van der Waals surface area contributed by atoms with Crippen molar-refractivity contribution in [3.63, 3.8) is 0 Å². The van der Waals surface area contributed by atoms with Crippen molar-refractivity contribution in [1.82, 2.24) is 15.5 Å². The minimum absolute atomic E-state index is 0.126. The van der Waals surface area contributed by atoms with Crippen LogP contribution in [0.15, 0.2) is 10.6 Å². The van der Waals surface area contributed by atoms with E-state index in [1.165, 1.54) is 24.9 Å². The minimum atomic E-state index is -4.73. The molecule has 0 fully saturated rings. The molecule has 2 atom stereocenters. The Labute approximate surface area is 217 Å². The van der Waals surface area contributed by atoms with Gasteiger partial charge in [-0.1, -0.05) is 17.4 Å². The average molecular weight is 562 g/mol. The molecule has 36 heavy (non-hydrogen) atoms. The van der Waals surface area contributed by atoms with Crippen molar-refractivity contribution in [1.29, 1.82) is 0 Å². The maximum absolute atomic E-state index is 13.2. The van der Waals surface area contributed by atoms with Gasteiger partial charge >= 0.3 is 13.8 Å². The maximum atomic E-state index is 13.2. The van der Waals surface area contributed by atoms with Gasteiger partial charge in [0.25, 0.3) is 0 Å². The highest BCUT2D eigenvalue weighted by molar-refractivity contribution is 7.98. The number of aromatic nitrogens is 2. The van der Waals surface area contributed by atoms with Crippen LogP contribution >= 0.6 is 31.8 Å². The normalized spacial score (nSPS) is 20.1. The van der Waals surface area contributed by atoms with Gasteiger partial charge in [0.15, 0.2) is 5.82 Å². The van der Waals surface area contributed by atoms with Crippen LogP contribution in [-0.2, 0) is 19.6 Å². The number of thiocarbonyl (C=S) groups is 1. The molecule has 0 saturated carbocycles. The topological polar surface area (TPSA) is 173 Å². The quantitative estimate of drug-likeness (QED) is 0.238. The maximum Gasteiger partial charge on any atom is 0.469 e. The first-order chi connectivity index (χ1) is 17.0. The molecule has 0 saturated heterocycles. The Hall–Kier alpha value is -2.22. The highest BCUT2D eigenvalue weighted by Crippen LogP contribution is 2.38. The summed E-state index contributed by atoms with van der Waals surface area (Å²) in [5.41, 5.74) is 1.03. The van der Waals surface area contributed by atoms with E-state index in [-0.39, 0.29) is 30.3 Å². The Morgan fingerprint density at radius 3 is 2.75 bits per heavy atom. The average Bonchev–Trinajstić information content (AvgIpc) is 3.24. The Bertz CT molecular complexity index is 1150. The van der Waals surface area contributed by atoms with E-state index in [2.05, 4.69) is 20.0 Å². The summed E-state index contributed by atoms with van der Waals surface area (Å²) >= 11 is 6.90. The number of esters is 1. The summed E-state index contributed by atoms with van der Waals surface area (Å²) in [6, 6.07) is 1.00. The largest absolute Gasteiger partial charge is 0.507 e. The van der Waals surface area contributed by atoms with Gasteiger partial charge in [-0.3, -0.25) is 4.52 Å². The zero-order valence-corrected chi connectivity index (χ0v) is 22.5. The molecule has 1 aliphatic rings. The van der Waals surface area contributed by atoms with Crippen LogP contribution in [0.3, 0.4) is 0 Å². The molecule has 1 aliphatic heterocycles. The fraction of sp³-hybridized carbons (Fsp3) is 0.524. The Kier molecular flexibility index (Phi) is 9.72. The Morgan fingerprint density at radius 2 is 2.11 bits per heavy atom. The van der Waals surface area contributed by atoms with Gasteiger partial charge in [-0.15, -0.1) is 0 Å². The van der Waals surface area contributed by atoms with Crippen LogP contribution in [0.25, 0.3) is 0 Å². The number of phosphoric acid groups is 1. The lowest BCUT2D eigenvalue weighted by molar-refractivity contribution is 0.0375. The number of phenols is 1.